The number of pyridine rings is 2. The molecule has 1 unspecified atom stereocenters. The summed E-state index contributed by atoms with van der Waals surface area (Å²) in [5.41, 5.74) is 9.77. The van der Waals surface area contributed by atoms with E-state index in [-0.39, 0.29) is 19.8 Å². The molecule has 0 saturated carbocycles. The minimum Gasteiger partial charge on any atom is -0.573 e. The van der Waals surface area contributed by atoms with Gasteiger partial charge in [-0.25, -0.2) is 0 Å². The fraction of sp³-hybridized carbons (Fsp3) is 0.0370. The molecule has 10 rings (SSSR count). The van der Waals surface area contributed by atoms with Crippen LogP contribution in [0.4, 0.5) is 0 Å². The van der Waals surface area contributed by atoms with Gasteiger partial charge in [0.1, 0.15) is 0 Å². The molecule has 0 aliphatic rings. The zero-order valence-corrected chi connectivity index (χ0v) is 39.9. The third kappa shape index (κ3) is 14.8. The van der Waals surface area contributed by atoms with Crippen molar-refractivity contribution in [1.82, 2.24) is 30.4 Å². The Kier molecular flexibility index (Phi) is 20.2. The molecular formula is C54H49N6OsP2+. The van der Waals surface area contributed by atoms with E-state index in [1.165, 1.54) is 21.7 Å². The Hall–Kier alpha value is -6.46. The first-order valence-corrected chi connectivity index (χ1v) is 23.4. The summed E-state index contributed by atoms with van der Waals surface area (Å²) < 4.78 is 0. The van der Waals surface area contributed by atoms with Crippen molar-refractivity contribution in [3.05, 3.63) is 243 Å². The molecule has 0 N–H and O–H groups in total. The van der Waals surface area contributed by atoms with Crippen LogP contribution in [0.1, 0.15) is 0 Å². The van der Waals surface area contributed by atoms with E-state index in [0.717, 1.165) is 45.3 Å². The van der Waals surface area contributed by atoms with Crippen LogP contribution in [0, 0.1) is 0 Å². The molecule has 9 heteroatoms. The van der Waals surface area contributed by atoms with E-state index in [2.05, 4.69) is 155 Å². The molecule has 0 saturated heterocycles. The Morgan fingerprint density at radius 2 is 0.635 bits per heavy atom. The van der Waals surface area contributed by atoms with E-state index in [0.29, 0.717) is 0 Å². The minimum absolute atomic E-state index is 0. The molecular weight excluding hydrogens is 985 g/mol. The molecule has 0 radical (unpaired) electrons. The molecule has 4 aromatic heterocycles. The van der Waals surface area contributed by atoms with Crippen LogP contribution in [0.15, 0.2) is 243 Å². The van der Waals surface area contributed by atoms with Crippen molar-refractivity contribution in [3.8, 4) is 56.4 Å². The topological polar surface area (TPSA) is 79.8 Å². The van der Waals surface area contributed by atoms with Gasteiger partial charge in [0.05, 0.1) is 25.2 Å². The molecule has 0 aliphatic carbocycles. The van der Waals surface area contributed by atoms with E-state index in [9.17, 15) is 0 Å². The normalized spacial score (nSPS) is 9.84. The molecule has 0 aliphatic heterocycles. The largest absolute Gasteiger partial charge is 2.00 e. The molecule has 4 heterocycles. The summed E-state index contributed by atoms with van der Waals surface area (Å²) in [5.74, 6) is 0. The van der Waals surface area contributed by atoms with Crippen LogP contribution in [0.25, 0.3) is 56.4 Å². The number of aromatic nitrogens is 6. The first kappa shape index (κ1) is 47.6. The summed E-state index contributed by atoms with van der Waals surface area (Å²) in [6.45, 7) is 4.26. The summed E-state index contributed by atoms with van der Waals surface area (Å²) in [6, 6.07) is 77.7. The van der Waals surface area contributed by atoms with Crippen LogP contribution in [-0.2, 0) is 19.8 Å². The number of hydrogen-bond acceptors (Lipinski definition) is 4. The van der Waals surface area contributed by atoms with Gasteiger partial charge in [-0.2, -0.15) is 0 Å². The van der Waals surface area contributed by atoms with E-state index in [1.807, 2.05) is 128 Å². The molecule has 0 amide bonds. The van der Waals surface area contributed by atoms with Gasteiger partial charge in [0.25, 0.3) is 0 Å². The summed E-state index contributed by atoms with van der Waals surface area (Å²) in [6.07, 6.45) is 3.51. The monoisotopic (exact) mass is 1040 g/mol. The Balaban J connectivity index is 0.000000157. The molecule has 0 fully saturated rings. The second-order valence-electron chi connectivity index (χ2n) is 13.5. The minimum atomic E-state index is -0.545. The molecule has 0 spiro atoms. The van der Waals surface area contributed by atoms with Crippen molar-refractivity contribution in [3.63, 3.8) is 0 Å². The maximum absolute atomic E-state index is 4.25. The number of hydrogen-bond donors (Lipinski definition) is 0. The van der Waals surface area contributed by atoms with Crippen molar-refractivity contribution in [1.29, 1.82) is 0 Å². The van der Waals surface area contributed by atoms with Crippen molar-refractivity contribution < 1.29 is 19.8 Å². The van der Waals surface area contributed by atoms with Crippen LogP contribution in [0.2, 0.25) is 0 Å². The average molecular weight is 1030 g/mol. The van der Waals surface area contributed by atoms with Crippen LogP contribution >= 0.6 is 17.2 Å². The Labute approximate surface area is 388 Å². The summed E-state index contributed by atoms with van der Waals surface area (Å²) in [5, 5.41) is 19.6. The maximum atomic E-state index is 4.25. The zero-order chi connectivity index (χ0) is 43.0. The second-order valence-corrected chi connectivity index (χ2v) is 15.9. The third-order valence-corrected chi connectivity index (χ3v) is 11.8. The van der Waals surface area contributed by atoms with Gasteiger partial charge in [0, 0.05) is 35.2 Å². The van der Waals surface area contributed by atoms with Crippen LogP contribution in [0.3, 0.4) is 0 Å². The summed E-state index contributed by atoms with van der Waals surface area (Å²) in [7, 11) is 1.87. The number of nitrogens with zero attached hydrogens (tertiary/aromatic N) is 6. The average Bonchev–Trinajstić information content (AvgIpc) is 4.10. The van der Waals surface area contributed by atoms with Gasteiger partial charge in [-0.3, -0.25) is 9.97 Å². The van der Waals surface area contributed by atoms with Gasteiger partial charge in [0.2, 0.25) is 0 Å². The van der Waals surface area contributed by atoms with Crippen molar-refractivity contribution in [2.45, 2.75) is 0 Å². The van der Waals surface area contributed by atoms with E-state index in [4.69, 9.17) is 0 Å². The first-order valence-electron chi connectivity index (χ1n) is 20.3. The molecule has 312 valence electrons. The Bertz CT molecular complexity index is 2390. The summed E-state index contributed by atoms with van der Waals surface area (Å²) in [4.78, 5) is 8.51. The van der Waals surface area contributed by atoms with Gasteiger partial charge in [-0.15, -0.1) is 9.24 Å². The fourth-order valence-electron chi connectivity index (χ4n) is 6.17. The molecule has 10 aromatic rings. The van der Waals surface area contributed by atoms with Crippen LogP contribution in [-0.4, -0.2) is 33.5 Å². The van der Waals surface area contributed by atoms with Crippen molar-refractivity contribution in [2.24, 2.45) is 0 Å². The maximum Gasteiger partial charge on any atom is 2.00 e. The first-order chi connectivity index (χ1) is 30.7. The predicted octanol–water partition coefficient (Wildman–Crippen LogP) is 11.9. The fourth-order valence-corrected chi connectivity index (χ4v) is 7.89. The van der Waals surface area contributed by atoms with Crippen molar-refractivity contribution in [2.75, 3.05) is 13.3 Å². The van der Waals surface area contributed by atoms with Crippen LogP contribution in [0.5, 0.6) is 0 Å². The summed E-state index contributed by atoms with van der Waals surface area (Å²) >= 11 is 0. The zero-order valence-electron chi connectivity index (χ0n) is 35.2. The number of benzene rings is 6. The Morgan fingerprint density at radius 3 is 0.937 bits per heavy atom. The van der Waals surface area contributed by atoms with Gasteiger partial charge in [-0.05, 0) is 82.9 Å². The van der Waals surface area contributed by atoms with Crippen molar-refractivity contribution >= 4 is 27.8 Å². The molecule has 6 aromatic carbocycles. The van der Waals surface area contributed by atoms with E-state index in [1.54, 1.807) is 12.4 Å². The van der Waals surface area contributed by atoms with Gasteiger partial charge < -0.3 is 20.4 Å². The SMILES string of the molecule is CP.C[PH+](c1ccccc1)c1ccccc1.[Os+2].c1ccc(-c2cc(-c3ccccn3)[n-]n2)cc1.c1ccc(-c2cc(-c3ccccn3)[n-]n2)cc1.c1ccc(-c2ccccc2)cc1. The van der Waals surface area contributed by atoms with Gasteiger partial charge in [0.15, 0.2) is 0 Å². The number of rotatable bonds is 7. The van der Waals surface area contributed by atoms with Gasteiger partial charge >= 0.3 is 19.8 Å². The smallest absolute Gasteiger partial charge is 0.573 e. The molecule has 63 heavy (non-hydrogen) atoms. The quantitative estimate of drug-likeness (QED) is 0.148. The molecule has 6 nitrogen and oxygen atoms in total. The molecule has 0 bridgehead atoms. The van der Waals surface area contributed by atoms with E-state index < -0.39 is 7.92 Å². The van der Waals surface area contributed by atoms with Crippen LogP contribution < -0.4 is 20.8 Å². The Morgan fingerprint density at radius 1 is 0.349 bits per heavy atom. The van der Waals surface area contributed by atoms with Gasteiger partial charge in [-0.1, -0.05) is 188 Å². The molecule has 1 atom stereocenters. The van der Waals surface area contributed by atoms with E-state index >= 15 is 0 Å². The second kappa shape index (κ2) is 26.8. The standard InChI is InChI=1S/2C14H10N3.C13H13P.C12H10.CH5P.Os/c2*1-2-6-11(7-3-1)13-10-14(17-16-13)12-8-4-5-9-15-12;1-14(12-8-4-2-5-9-12)13-10-6-3-7-11-13;1-3-7-11(8-4-1)12-9-5-2-6-10-12;1-2;/h2*1-10H;2-11H,1H3;1-10H;2H2,1H3;/q2*-1;;;;+2/p+1. The predicted molar refractivity (Wildman–Crippen MR) is 266 cm³/mol. The third-order valence-electron chi connectivity index (χ3n) is 9.37.